The van der Waals surface area contributed by atoms with E-state index in [1.54, 1.807) is 17.9 Å². The maximum absolute atomic E-state index is 13.3. The molecule has 0 atom stereocenters. The molecule has 0 bridgehead atoms. The highest BCUT2D eigenvalue weighted by atomic mass is 79.9. The van der Waals surface area contributed by atoms with Gasteiger partial charge in [0.05, 0.1) is 11.8 Å². The van der Waals surface area contributed by atoms with Gasteiger partial charge in [-0.2, -0.15) is 5.26 Å². The van der Waals surface area contributed by atoms with Crippen molar-refractivity contribution in [1.29, 1.82) is 5.26 Å². The first-order chi connectivity index (χ1) is 6.65. The van der Waals surface area contributed by atoms with Crippen LogP contribution in [0.4, 0.5) is 4.39 Å². The number of imidazole rings is 1. The van der Waals surface area contributed by atoms with Crippen molar-refractivity contribution in [3.8, 4) is 6.07 Å². The maximum Gasteiger partial charge on any atom is 0.144 e. The standard InChI is InChI=1S/C9H5BrFN3/c1-14-4-13-8-5(3-12)7(11)2-6(10)9(8)14/h2,4H,1H3. The summed E-state index contributed by atoms with van der Waals surface area (Å²) >= 11 is 3.23. The molecule has 0 radical (unpaired) electrons. The number of aromatic nitrogens is 2. The lowest BCUT2D eigenvalue weighted by Crippen LogP contribution is -1.90. The molecule has 0 N–H and O–H groups in total. The second-order valence-corrected chi connectivity index (χ2v) is 3.73. The zero-order valence-corrected chi connectivity index (χ0v) is 8.84. The molecule has 1 aromatic carbocycles. The Morgan fingerprint density at radius 2 is 2.36 bits per heavy atom. The van der Waals surface area contributed by atoms with Crippen LogP contribution in [-0.4, -0.2) is 9.55 Å². The highest BCUT2D eigenvalue weighted by Gasteiger charge is 2.14. The average molecular weight is 254 g/mol. The summed E-state index contributed by atoms with van der Waals surface area (Å²) in [6, 6.07) is 3.09. The lowest BCUT2D eigenvalue weighted by Gasteiger charge is -2.00. The van der Waals surface area contributed by atoms with E-state index in [0.29, 0.717) is 9.99 Å². The highest BCUT2D eigenvalue weighted by molar-refractivity contribution is 9.10. The number of hydrogen-bond acceptors (Lipinski definition) is 2. The molecular weight excluding hydrogens is 249 g/mol. The molecule has 0 aliphatic rings. The number of halogens is 2. The van der Waals surface area contributed by atoms with E-state index < -0.39 is 5.82 Å². The summed E-state index contributed by atoms with van der Waals surface area (Å²) in [6.45, 7) is 0. The van der Waals surface area contributed by atoms with Crippen LogP contribution in [-0.2, 0) is 7.05 Å². The molecule has 2 rings (SSSR count). The zero-order valence-electron chi connectivity index (χ0n) is 7.25. The van der Waals surface area contributed by atoms with Crippen molar-refractivity contribution in [3.05, 3.63) is 28.2 Å². The number of fused-ring (bicyclic) bond motifs is 1. The van der Waals surface area contributed by atoms with Gasteiger partial charge in [-0.25, -0.2) is 9.37 Å². The number of aryl methyl sites for hydroxylation is 1. The molecule has 0 spiro atoms. The Hall–Kier alpha value is -1.41. The van der Waals surface area contributed by atoms with Crippen LogP contribution in [0.5, 0.6) is 0 Å². The molecule has 3 nitrogen and oxygen atoms in total. The van der Waals surface area contributed by atoms with Crippen molar-refractivity contribution >= 4 is 27.0 Å². The summed E-state index contributed by atoms with van der Waals surface area (Å²) in [5, 5.41) is 8.76. The highest BCUT2D eigenvalue weighted by Crippen LogP contribution is 2.27. The first-order valence-electron chi connectivity index (χ1n) is 3.84. The van der Waals surface area contributed by atoms with Gasteiger partial charge >= 0.3 is 0 Å². The largest absolute Gasteiger partial charge is 0.333 e. The van der Waals surface area contributed by atoms with Gasteiger partial charge in [0, 0.05) is 11.5 Å². The fraction of sp³-hybridized carbons (Fsp3) is 0.111. The first kappa shape index (κ1) is 9.16. The van der Waals surface area contributed by atoms with E-state index in [2.05, 4.69) is 20.9 Å². The molecule has 2 aromatic rings. The molecule has 0 aliphatic heterocycles. The van der Waals surface area contributed by atoms with Gasteiger partial charge < -0.3 is 4.57 Å². The normalized spacial score (nSPS) is 10.4. The SMILES string of the molecule is Cn1cnc2c(C#N)c(F)cc(Br)c21. The van der Waals surface area contributed by atoms with Crippen LogP contribution < -0.4 is 0 Å². The van der Waals surface area contributed by atoms with Crippen molar-refractivity contribution in [2.45, 2.75) is 0 Å². The number of benzene rings is 1. The van der Waals surface area contributed by atoms with E-state index in [1.807, 2.05) is 6.07 Å². The van der Waals surface area contributed by atoms with E-state index in [-0.39, 0.29) is 5.56 Å². The van der Waals surface area contributed by atoms with E-state index in [9.17, 15) is 4.39 Å². The predicted octanol–water partition coefficient (Wildman–Crippen LogP) is 2.35. The van der Waals surface area contributed by atoms with Crippen molar-refractivity contribution in [3.63, 3.8) is 0 Å². The summed E-state index contributed by atoms with van der Waals surface area (Å²) in [7, 11) is 1.79. The molecule has 0 fully saturated rings. The zero-order chi connectivity index (χ0) is 10.3. The molecule has 0 saturated carbocycles. The minimum absolute atomic E-state index is 0.0104. The van der Waals surface area contributed by atoms with Gasteiger partial charge in [-0.15, -0.1) is 0 Å². The van der Waals surface area contributed by atoms with Crippen molar-refractivity contribution in [1.82, 2.24) is 9.55 Å². The monoisotopic (exact) mass is 253 g/mol. The third-order valence-electron chi connectivity index (χ3n) is 2.00. The van der Waals surface area contributed by atoms with Crippen LogP contribution in [0.15, 0.2) is 16.9 Å². The van der Waals surface area contributed by atoms with Gasteiger partial charge in [0.15, 0.2) is 0 Å². The molecule has 70 valence electrons. The molecule has 14 heavy (non-hydrogen) atoms. The second-order valence-electron chi connectivity index (χ2n) is 2.88. The average Bonchev–Trinajstić information content (AvgIpc) is 2.49. The summed E-state index contributed by atoms with van der Waals surface area (Å²) < 4.78 is 15.6. The van der Waals surface area contributed by atoms with Crippen LogP contribution in [0.1, 0.15) is 5.56 Å². The summed E-state index contributed by atoms with van der Waals surface area (Å²) in [6.07, 6.45) is 1.55. The molecule has 1 heterocycles. The summed E-state index contributed by atoms with van der Waals surface area (Å²) in [5.74, 6) is -0.550. The fourth-order valence-corrected chi connectivity index (χ4v) is 2.03. The maximum atomic E-state index is 13.3. The quantitative estimate of drug-likeness (QED) is 0.724. The van der Waals surface area contributed by atoms with Crippen LogP contribution in [0.3, 0.4) is 0 Å². The number of nitriles is 1. The molecule has 0 aliphatic carbocycles. The van der Waals surface area contributed by atoms with E-state index in [0.717, 1.165) is 5.52 Å². The molecule has 1 aromatic heterocycles. The Morgan fingerprint density at radius 1 is 1.64 bits per heavy atom. The Morgan fingerprint density at radius 3 is 3.00 bits per heavy atom. The third-order valence-corrected chi connectivity index (χ3v) is 2.61. The molecule has 5 heteroatoms. The van der Waals surface area contributed by atoms with Gasteiger partial charge in [0.2, 0.25) is 0 Å². The third kappa shape index (κ3) is 1.11. The lowest BCUT2D eigenvalue weighted by molar-refractivity contribution is 0.625. The van der Waals surface area contributed by atoms with Gasteiger partial charge in [-0.3, -0.25) is 0 Å². The minimum atomic E-state index is -0.550. The topological polar surface area (TPSA) is 41.6 Å². The van der Waals surface area contributed by atoms with Gasteiger partial charge in [0.25, 0.3) is 0 Å². The summed E-state index contributed by atoms with van der Waals surface area (Å²) in [5.41, 5.74) is 1.11. The molecule has 0 unspecified atom stereocenters. The fourth-order valence-electron chi connectivity index (χ4n) is 1.37. The number of hydrogen-bond donors (Lipinski definition) is 0. The molecule has 0 amide bonds. The summed E-state index contributed by atoms with van der Waals surface area (Å²) in [4.78, 5) is 3.98. The predicted molar refractivity (Wildman–Crippen MR) is 53.1 cm³/mol. The Balaban J connectivity index is 3.02. The van der Waals surface area contributed by atoms with Gasteiger partial charge in [-0.1, -0.05) is 0 Å². The Labute approximate surface area is 87.9 Å². The Kier molecular flexibility index (Phi) is 2.01. The van der Waals surface area contributed by atoms with E-state index in [1.165, 1.54) is 6.07 Å². The second kappa shape index (κ2) is 3.07. The van der Waals surface area contributed by atoms with Crippen LogP contribution in [0.25, 0.3) is 11.0 Å². The van der Waals surface area contributed by atoms with Gasteiger partial charge in [-0.05, 0) is 22.0 Å². The first-order valence-corrected chi connectivity index (χ1v) is 4.63. The molecular formula is C9H5BrFN3. The van der Waals surface area contributed by atoms with Crippen molar-refractivity contribution in [2.24, 2.45) is 7.05 Å². The number of rotatable bonds is 0. The van der Waals surface area contributed by atoms with Crippen molar-refractivity contribution < 1.29 is 4.39 Å². The van der Waals surface area contributed by atoms with Crippen molar-refractivity contribution in [2.75, 3.05) is 0 Å². The van der Waals surface area contributed by atoms with E-state index in [4.69, 9.17) is 5.26 Å². The van der Waals surface area contributed by atoms with Crippen LogP contribution in [0, 0.1) is 17.1 Å². The lowest BCUT2D eigenvalue weighted by atomic mass is 10.2. The smallest absolute Gasteiger partial charge is 0.144 e. The van der Waals surface area contributed by atoms with Gasteiger partial charge in [0.1, 0.15) is 23.0 Å². The Bertz CT molecular complexity index is 553. The van der Waals surface area contributed by atoms with Crippen LogP contribution >= 0.6 is 15.9 Å². The molecule has 0 saturated heterocycles. The minimum Gasteiger partial charge on any atom is -0.333 e. The number of nitrogens with zero attached hydrogens (tertiary/aromatic N) is 3. The van der Waals surface area contributed by atoms with E-state index >= 15 is 0 Å². The van der Waals surface area contributed by atoms with Crippen LogP contribution in [0.2, 0.25) is 0 Å².